The van der Waals surface area contributed by atoms with Crippen LogP contribution >= 0.6 is 11.6 Å². The maximum Gasteiger partial charge on any atom is 0.346 e. The molecule has 2 aromatic rings. The predicted molar refractivity (Wildman–Crippen MR) is 78.4 cm³/mol. The first kappa shape index (κ1) is 15.9. The maximum atomic E-state index is 12.1. The first-order valence-electron chi connectivity index (χ1n) is 6.16. The Balaban J connectivity index is 2.76. The summed E-state index contributed by atoms with van der Waals surface area (Å²) in [6.45, 7) is 0. The largest absolute Gasteiger partial charge is 0.468 e. The van der Waals surface area contributed by atoms with Crippen molar-refractivity contribution in [3.8, 4) is 17.3 Å². The number of carbonyl (C=O) groups excluding carboxylic acids is 2. The van der Waals surface area contributed by atoms with Crippen LogP contribution in [0.3, 0.4) is 0 Å². The fourth-order valence-corrected chi connectivity index (χ4v) is 2.16. The van der Waals surface area contributed by atoms with E-state index in [-0.39, 0.29) is 22.8 Å². The molecule has 0 spiro atoms. The van der Waals surface area contributed by atoms with Gasteiger partial charge < -0.3 is 18.6 Å². The van der Waals surface area contributed by atoms with Gasteiger partial charge in [-0.1, -0.05) is 23.7 Å². The van der Waals surface area contributed by atoms with Gasteiger partial charge in [0.15, 0.2) is 11.3 Å². The van der Waals surface area contributed by atoms with Gasteiger partial charge in [0, 0.05) is 10.6 Å². The van der Waals surface area contributed by atoms with Crippen LogP contribution in [0.15, 0.2) is 28.7 Å². The summed E-state index contributed by atoms with van der Waals surface area (Å²) >= 11 is 5.95. The van der Waals surface area contributed by atoms with Crippen LogP contribution < -0.4 is 4.74 Å². The number of benzene rings is 1. The van der Waals surface area contributed by atoms with Crippen LogP contribution in [0.2, 0.25) is 5.02 Å². The quantitative estimate of drug-likeness (QED) is 0.804. The van der Waals surface area contributed by atoms with Crippen LogP contribution in [-0.4, -0.2) is 33.3 Å². The van der Waals surface area contributed by atoms with Crippen molar-refractivity contribution in [1.29, 1.82) is 0 Å². The Morgan fingerprint density at radius 3 is 2.23 bits per heavy atom. The third-order valence-corrected chi connectivity index (χ3v) is 3.16. The molecule has 0 atom stereocenters. The molecule has 0 aliphatic rings. The zero-order valence-electron chi connectivity index (χ0n) is 12.1. The third-order valence-electron chi connectivity index (χ3n) is 2.93. The standard InChI is InChI=1S/C15H13ClO6/c1-19-13(17)10-11(14(18)20-2)15(21-3)22-12(10)8-5-4-6-9(16)7-8/h4-7H,1-3H3. The minimum Gasteiger partial charge on any atom is -0.468 e. The molecule has 0 radical (unpaired) electrons. The molecule has 0 saturated heterocycles. The lowest BCUT2D eigenvalue weighted by atomic mass is 10.1. The molecule has 7 heteroatoms. The number of hydrogen-bond donors (Lipinski definition) is 0. The van der Waals surface area contributed by atoms with Gasteiger partial charge in [-0.3, -0.25) is 0 Å². The number of halogens is 1. The summed E-state index contributed by atoms with van der Waals surface area (Å²) in [5, 5.41) is 0.448. The minimum atomic E-state index is -0.769. The van der Waals surface area contributed by atoms with E-state index in [0.29, 0.717) is 10.6 Å². The van der Waals surface area contributed by atoms with Crippen LogP contribution in [0, 0.1) is 0 Å². The molecule has 1 aromatic carbocycles. The van der Waals surface area contributed by atoms with Crippen molar-refractivity contribution in [2.24, 2.45) is 0 Å². The molecule has 0 aliphatic carbocycles. The molecule has 2 rings (SSSR count). The fraction of sp³-hybridized carbons (Fsp3) is 0.200. The number of carbonyl (C=O) groups is 2. The molecule has 0 amide bonds. The summed E-state index contributed by atoms with van der Waals surface area (Å²) in [5.74, 6) is -1.54. The second kappa shape index (κ2) is 6.53. The molecule has 116 valence electrons. The second-order valence-corrected chi connectivity index (χ2v) is 4.60. The number of ether oxygens (including phenoxy) is 3. The first-order valence-corrected chi connectivity index (χ1v) is 6.54. The van der Waals surface area contributed by atoms with E-state index < -0.39 is 11.9 Å². The third kappa shape index (κ3) is 2.78. The average molecular weight is 325 g/mol. The Hall–Kier alpha value is -2.47. The molecule has 0 fully saturated rings. The fourth-order valence-electron chi connectivity index (χ4n) is 1.97. The molecule has 0 saturated carbocycles. The zero-order valence-corrected chi connectivity index (χ0v) is 12.9. The molecule has 0 bridgehead atoms. The van der Waals surface area contributed by atoms with Crippen LogP contribution in [-0.2, 0) is 9.47 Å². The summed E-state index contributed by atoms with van der Waals surface area (Å²) in [7, 11) is 3.70. The number of furan rings is 1. The number of rotatable bonds is 4. The molecule has 6 nitrogen and oxygen atoms in total. The van der Waals surface area contributed by atoms with Crippen molar-refractivity contribution in [1.82, 2.24) is 0 Å². The van der Waals surface area contributed by atoms with Crippen LogP contribution in [0.25, 0.3) is 11.3 Å². The molecule has 1 heterocycles. The molecule has 0 unspecified atom stereocenters. The number of methoxy groups -OCH3 is 3. The van der Waals surface area contributed by atoms with E-state index in [2.05, 4.69) is 4.74 Å². The SMILES string of the molecule is COC(=O)c1c(OC)oc(-c2cccc(Cl)c2)c1C(=O)OC. The Labute approximate surface area is 131 Å². The van der Waals surface area contributed by atoms with E-state index in [1.807, 2.05) is 0 Å². The van der Waals surface area contributed by atoms with Gasteiger partial charge in [-0.05, 0) is 12.1 Å². The van der Waals surface area contributed by atoms with E-state index in [4.69, 9.17) is 25.5 Å². The summed E-state index contributed by atoms with van der Waals surface area (Å²) in [6.07, 6.45) is 0. The molecular weight excluding hydrogens is 312 g/mol. The minimum absolute atomic E-state index is 0.0755. The summed E-state index contributed by atoms with van der Waals surface area (Å²) in [6, 6.07) is 6.63. The Bertz CT molecular complexity index is 719. The highest BCUT2D eigenvalue weighted by Crippen LogP contribution is 2.37. The highest BCUT2D eigenvalue weighted by Gasteiger charge is 2.33. The maximum absolute atomic E-state index is 12.1. The van der Waals surface area contributed by atoms with Gasteiger partial charge in [0.25, 0.3) is 0 Å². The van der Waals surface area contributed by atoms with Gasteiger partial charge in [0.2, 0.25) is 0 Å². The predicted octanol–water partition coefficient (Wildman–Crippen LogP) is 3.18. The van der Waals surface area contributed by atoms with E-state index in [1.165, 1.54) is 21.3 Å². The van der Waals surface area contributed by atoms with Gasteiger partial charge >= 0.3 is 17.9 Å². The van der Waals surface area contributed by atoms with Crippen molar-refractivity contribution < 1.29 is 28.2 Å². The van der Waals surface area contributed by atoms with Crippen molar-refractivity contribution in [3.05, 3.63) is 40.4 Å². The van der Waals surface area contributed by atoms with Crippen molar-refractivity contribution in [3.63, 3.8) is 0 Å². The molecule has 0 aliphatic heterocycles. The van der Waals surface area contributed by atoms with E-state index in [0.717, 1.165) is 0 Å². The Kier molecular flexibility index (Phi) is 4.72. The number of esters is 2. The van der Waals surface area contributed by atoms with E-state index >= 15 is 0 Å². The highest BCUT2D eigenvalue weighted by molar-refractivity contribution is 6.30. The lowest BCUT2D eigenvalue weighted by molar-refractivity contribution is 0.0554. The van der Waals surface area contributed by atoms with Gasteiger partial charge in [0.1, 0.15) is 5.56 Å². The van der Waals surface area contributed by atoms with E-state index in [1.54, 1.807) is 24.3 Å². The van der Waals surface area contributed by atoms with Crippen molar-refractivity contribution in [2.45, 2.75) is 0 Å². The van der Waals surface area contributed by atoms with Gasteiger partial charge in [-0.25, -0.2) is 9.59 Å². The smallest absolute Gasteiger partial charge is 0.346 e. The molecule has 22 heavy (non-hydrogen) atoms. The van der Waals surface area contributed by atoms with E-state index in [9.17, 15) is 9.59 Å². The summed E-state index contributed by atoms with van der Waals surface area (Å²) in [5.41, 5.74) is 0.293. The van der Waals surface area contributed by atoms with Gasteiger partial charge in [0.05, 0.1) is 21.3 Å². The topological polar surface area (TPSA) is 75.0 Å². The molecule has 1 aromatic heterocycles. The Morgan fingerprint density at radius 1 is 1.05 bits per heavy atom. The van der Waals surface area contributed by atoms with Gasteiger partial charge in [-0.2, -0.15) is 0 Å². The average Bonchev–Trinajstić information content (AvgIpc) is 2.92. The monoisotopic (exact) mass is 324 g/mol. The van der Waals surface area contributed by atoms with Crippen LogP contribution in [0.4, 0.5) is 0 Å². The first-order chi connectivity index (χ1) is 10.5. The molecular formula is C15H13ClO6. The van der Waals surface area contributed by atoms with Crippen molar-refractivity contribution >= 4 is 23.5 Å². The van der Waals surface area contributed by atoms with Crippen LogP contribution in [0.1, 0.15) is 20.7 Å². The second-order valence-electron chi connectivity index (χ2n) is 4.17. The highest BCUT2D eigenvalue weighted by atomic mass is 35.5. The Morgan fingerprint density at radius 2 is 1.68 bits per heavy atom. The lowest BCUT2D eigenvalue weighted by Gasteiger charge is -2.03. The normalized spacial score (nSPS) is 10.2. The molecule has 0 N–H and O–H groups in total. The van der Waals surface area contributed by atoms with Crippen molar-refractivity contribution in [2.75, 3.05) is 21.3 Å². The zero-order chi connectivity index (χ0) is 16.3. The van der Waals surface area contributed by atoms with Gasteiger partial charge in [-0.15, -0.1) is 0 Å². The summed E-state index contributed by atoms with van der Waals surface area (Å²) < 4.78 is 19.9. The summed E-state index contributed by atoms with van der Waals surface area (Å²) in [4.78, 5) is 24.0. The number of hydrogen-bond acceptors (Lipinski definition) is 6. The lowest BCUT2D eigenvalue weighted by Crippen LogP contribution is -2.11. The van der Waals surface area contributed by atoms with Crippen LogP contribution in [0.5, 0.6) is 5.95 Å².